The molecule has 1 saturated carbocycles. The van der Waals surface area contributed by atoms with E-state index in [4.69, 9.17) is 11.6 Å². The molecule has 88 valence electrons. The van der Waals surface area contributed by atoms with Crippen LogP contribution in [0.5, 0.6) is 0 Å². The number of anilines is 1. The monoisotopic (exact) mass is 239 g/mol. The lowest BCUT2D eigenvalue weighted by Crippen LogP contribution is -2.21. The molecule has 4 heteroatoms. The average Bonchev–Trinajstić information content (AvgIpc) is 2.22. The van der Waals surface area contributed by atoms with Gasteiger partial charge in [-0.2, -0.15) is 0 Å². The number of hydrogen-bond donors (Lipinski definition) is 1. The highest BCUT2D eigenvalue weighted by Gasteiger charge is 2.11. The van der Waals surface area contributed by atoms with E-state index in [1.165, 1.54) is 44.9 Å². The summed E-state index contributed by atoms with van der Waals surface area (Å²) >= 11 is 5.76. The van der Waals surface area contributed by atoms with Gasteiger partial charge in [-0.05, 0) is 30.5 Å². The highest BCUT2D eigenvalue weighted by Crippen LogP contribution is 2.20. The number of halogens is 1. The summed E-state index contributed by atoms with van der Waals surface area (Å²) in [5.74, 6) is 0.852. The summed E-state index contributed by atoms with van der Waals surface area (Å²) in [7, 11) is 0. The van der Waals surface area contributed by atoms with Crippen LogP contribution < -0.4 is 5.32 Å². The van der Waals surface area contributed by atoms with Gasteiger partial charge in [0.05, 0.1) is 0 Å². The molecule has 0 bridgehead atoms. The molecule has 0 radical (unpaired) electrons. The number of nitrogens with zero attached hydrogens (tertiary/aromatic N) is 2. The van der Waals surface area contributed by atoms with Gasteiger partial charge >= 0.3 is 0 Å². The number of hydrogen-bond acceptors (Lipinski definition) is 3. The first kappa shape index (κ1) is 11.6. The summed E-state index contributed by atoms with van der Waals surface area (Å²) in [5, 5.41) is 3.77. The van der Waals surface area contributed by atoms with E-state index in [1.807, 2.05) is 6.07 Å². The summed E-state index contributed by atoms with van der Waals surface area (Å²) in [6.45, 7) is 0. The van der Waals surface area contributed by atoms with Crippen LogP contribution in [0.1, 0.15) is 44.9 Å². The minimum atomic E-state index is 0.316. The Labute approximate surface area is 102 Å². The molecule has 1 aromatic heterocycles. The Kier molecular flexibility index (Phi) is 4.40. The topological polar surface area (TPSA) is 37.8 Å². The fourth-order valence-corrected chi connectivity index (χ4v) is 2.37. The SMILES string of the molecule is Clc1nccc(NC2CCCCCCC2)n1. The predicted octanol–water partition coefficient (Wildman–Crippen LogP) is 3.65. The second kappa shape index (κ2) is 6.04. The minimum Gasteiger partial charge on any atom is -0.367 e. The zero-order chi connectivity index (χ0) is 11.2. The highest BCUT2D eigenvalue weighted by atomic mass is 35.5. The Morgan fingerprint density at radius 3 is 2.50 bits per heavy atom. The van der Waals surface area contributed by atoms with Crippen molar-refractivity contribution in [3.05, 3.63) is 17.5 Å². The maximum Gasteiger partial charge on any atom is 0.224 e. The molecular formula is C12H18ClN3. The van der Waals surface area contributed by atoms with E-state index in [-0.39, 0.29) is 0 Å². The molecule has 1 heterocycles. The summed E-state index contributed by atoms with van der Waals surface area (Å²) in [6, 6.07) is 2.43. The van der Waals surface area contributed by atoms with Gasteiger partial charge in [0.15, 0.2) is 0 Å². The summed E-state index contributed by atoms with van der Waals surface area (Å²) in [6.07, 6.45) is 10.9. The van der Waals surface area contributed by atoms with Crippen LogP contribution >= 0.6 is 11.6 Å². The Balaban J connectivity index is 1.91. The summed E-state index contributed by atoms with van der Waals surface area (Å²) in [4.78, 5) is 8.05. The van der Waals surface area contributed by atoms with Crippen LogP contribution in [0.15, 0.2) is 12.3 Å². The van der Waals surface area contributed by atoms with Crippen molar-refractivity contribution < 1.29 is 0 Å². The minimum absolute atomic E-state index is 0.316. The van der Waals surface area contributed by atoms with E-state index < -0.39 is 0 Å². The van der Waals surface area contributed by atoms with E-state index in [1.54, 1.807) is 6.20 Å². The first-order valence-corrected chi connectivity index (χ1v) is 6.47. The van der Waals surface area contributed by atoms with E-state index >= 15 is 0 Å². The van der Waals surface area contributed by atoms with Gasteiger partial charge in [0, 0.05) is 12.2 Å². The zero-order valence-corrected chi connectivity index (χ0v) is 10.2. The Hall–Kier alpha value is -0.830. The summed E-state index contributed by atoms with van der Waals surface area (Å²) in [5.41, 5.74) is 0. The molecule has 1 fully saturated rings. The predicted molar refractivity (Wildman–Crippen MR) is 66.8 cm³/mol. The molecule has 0 spiro atoms. The summed E-state index contributed by atoms with van der Waals surface area (Å²) < 4.78 is 0. The molecule has 0 unspecified atom stereocenters. The highest BCUT2D eigenvalue weighted by molar-refractivity contribution is 6.28. The largest absolute Gasteiger partial charge is 0.367 e. The lowest BCUT2D eigenvalue weighted by molar-refractivity contribution is 0.470. The smallest absolute Gasteiger partial charge is 0.224 e. The van der Waals surface area contributed by atoms with Crippen molar-refractivity contribution in [2.45, 2.75) is 51.0 Å². The van der Waals surface area contributed by atoms with E-state index in [2.05, 4.69) is 15.3 Å². The van der Waals surface area contributed by atoms with Gasteiger partial charge in [0.25, 0.3) is 0 Å². The van der Waals surface area contributed by atoms with Gasteiger partial charge in [0.1, 0.15) is 5.82 Å². The van der Waals surface area contributed by atoms with Crippen molar-refractivity contribution in [1.29, 1.82) is 0 Å². The van der Waals surface area contributed by atoms with Crippen LogP contribution in [-0.4, -0.2) is 16.0 Å². The molecule has 1 aliphatic rings. The van der Waals surface area contributed by atoms with Crippen LogP contribution in [0.2, 0.25) is 5.28 Å². The normalized spacial score (nSPS) is 18.8. The fourth-order valence-electron chi connectivity index (χ4n) is 2.22. The third-order valence-electron chi connectivity index (χ3n) is 3.08. The van der Waals surface area contributed by atoms with Crippen LogP contribution in [0, 0.1) is 0 Å². The van der Waals surface area contributed by atoms with Crippen molar-refractivity contribution >= 4 is 17.4 Å². The van der Waals surface area contributed by atoms with Crippen molar-refractivity contribution in [2.24, 2.45) is 0 Å². The number of nitrogens with one attached hydrogen (secondary N) is 1. The molecule has 2 rings (SSSR count). The fraction of sp³-hybridized carbons (Fsp3) is 0.667. The third kappa shape index (κ3) is 3.63. The Morgan fingerprint density at radius 2 is 1.81 bits per heavy atom. The van der Waals surface area contributed by atoms with Gasteiger partial charge in [0.2, 0.25) is 5.28 Å². The van der Waals surface area contributed by atoms with Gasteiger partial charge in [-0.15, -0.1) is 0 Å². The van der Waals surface area contributed by atoms with Gasteiger partial charge in [-0.1, -0.05) is 32.1 Å². The standard InChI is InChI=1S/C12H18ClN3/c13-12-14-9-8-11(16-12)15-10-6-4-2-1-3-5-7-10/h8-10H,1-7H2,(H,14,15,16). The van der Waals surface area contributed by atoms with Crippen LogP contribution in [0.3, 0.4) is 0 Å². The number of rotatable bonds is 2. The average molecular weight is 240 g/mol. The molecule has 0 saturated heterocycles. The quantitative estimate of drug-likeness (QED) is 0.801. The molecule has 1 aromatic rings. The van der Waals surface area contributed by atoms with Crippen molar-refractivity contribution in [1.82, 2.24) is 9.97 Å². The second-order valence-electron chi connectivity index (χ2n) is 4.40. The first-order chi connectivity index (χ1) is 7.84. The zero-order valence-electron chi connectivity index (χ0n) is 9.45. The Morgan fingerprint density at radius 1 is 1.12 bits per heavy atom. The molecule has 0 aromatic carbocycles. The van der Waals surface area contributed by atoms with Gasteiger partial charge in [-0.25, -0.2) is 9.97 Å². The van der Waals surface area contributed by atoms with Crippen molar-refractivity contribution in [2.75, 3.05) is 5.32 Å². The molecule has 1 aliphatic carbocycles. The molecule has 0 amide bonds. The maximum atomic E-state index is 5.76. The molecular weight excluding hydrogens is 222 g/mol. The lowest BCUT2D eigenvalue weighted by atomic mass is 9.97. The maximum absolute atomic E-state index is 5.76. The van der Waals surface area contributed by atoms with Crippen LogP contribution in [0.25, 0.3) is 0 Å². The van der Waals surface area contributed by atoms with Crippen molar-refractivity contribution in [3.63, 3.8) is 0 Å². The molecule has 0 aliphatic heterocycles. The lowest BCUT2D eigenvalue weighted by Gasteiger charge is -2.21. The second-order valence-corrected chi connectivity index (χ2v) is 4.74. The van der Waals surface area contributed by atoms with Gasteiger partial charge < -0.3 is 5.32 Å². The Bertz CT molecular complexity index is 322. The molecule has 1 N–H and O–H groups in total. The van der Waals surface area contributed by atoms with Crippen LogP contribution in [0.4, 0.5) is 5.82 Å². The third-order valence-corrected chi connectivity index (χ3v) is 3.27. The first-order valence-electron chi connectivity index (χ1n) is 6.10. The molecule has 16 heavy (non-hydrogen) atoms. The van der Waals surface area contributed by atoms with E-state index in [0.717, 1.165) is 5.82 Å². The number of aromatic nitrogens is 2. The van der Waals surface area contributed by atoms with Crippen molar-refractivity contribution in [3.8, 4) is 0 Å². The van der Waals surface area contributed by atoms with E-state index in [9.17, 15) is 0 Å². The van der Waals surface area contributed by atoms with E-state index in [0.29, 0.717) is 11.3 Å². The molecule has 3 nitrogen and oxygen atoms in total. The van der Waals surface area contributed by atoms with Crippen LogP contribution in [-0.2, 0) is 0 Å². The van der Waals surface area contributed by atoms with Gasteiger partial charge in [-0.3, -0.25) is 0 Å². The molecule has 0 atom stereocenters.